The van der Waals surface area contributed by atoms with Crippen molar-refractivity contribution >= 4 is 161 Å². The molecule has 0 saturated carbocycles. The number of hydrogen-bond donors (Lipinski definition) is 30. The minimum Gasteiger partial charge on any atom is -0.481 e. The number of hydrogen-bond acceptors (Lipinski definition) is 31. The van der Waals surface area contributed by atoms with Crippen LogP contribution in [0, 0.1) is 17.8 Å². The number of rotatable bonds is 66. The zero-order chi connectivity index (χ0) is 99.0. The summed E-state index contributed by atoms with van der Waals surface area (Å²) in [5.74, 6) is -32.0. The van der Waals surface area contributed by atoms with E-state index in [0.29, 0.717) is 19.4 Å². The van der Waals surface area contributed by atoms with Crippen LogP contribution in [0.25, 0.3) is 0 Å². The molecule has 0 aromatic rings. The standard InChI is InChI=1S/C75H127N21O31S2/c1-10-34(6)57(73(124)92-48(30-99)75(126)127)95-65(116)39(15-19-51(79)102)85-69(120)47(29-98)91-74(125)58(36(8)100)96-68(119)44(26-52(80)103)89-72(123)56(33(4)5)94-67(118)43(25-32(2)3)87-71(122)49(31-128)93-66(117)45(27-55(108)109)88-70(121)46(28-97)90-64(115)42(22-24-129-9)86-63(114)41(17-21-54(106)107)84-62(113)40(16-20-53(104)105)83-61(112)38(14-18-50(78)101)82-59(110)35(7)81-60(111)37(77)13-11-12-23-76/h32-49,56-58,97-100,128H,10-31,76-77H2,1-9H3,(H2,78,101)(H2,79,102)(H2,80,103)(H,81,111)(H,82,110)(H,83,112)(H,84,113)(H,85,120)(H,86,114)(H,87,122)(H,88,121)(H,89,123)(H,90,115)(H,91,125)(H,92,124)(H,93,117)(H,94,118)(H,95,116)(H,96,119)(H,104,105)(H,106,107)(H,108,109)(H,126,127)/t34-,35-,36+,37-,38-,39-,40-,41-,42-,43-,44-,45-,46-,47-,48-,49-,56-,57-,58-/m0/s1. The number of carboxylic acids is 4. The second-order valence-electron chi connectivity index (χ2n) is 30.8. The molecule has 0 aromatic heterocycles. The first-order valence-electron chi connectivity index (χ1n) is 40.9. The van der Waals surface area contributed by atoms with Crippen LogP contribution in [0.5, 0.6) is 0 Å². The van der Waals surface area contributed by atoms with Crippen LogP contribution in [-0.2, 0) is 110 Å². The minimum atomic E-state index is -2.18. The maximum absolute atomic E-state index is 14.3. The van der Waals surface area contributed by atoms with Gasteiger partial charge in [0.15, 0.2) is 0 Å². The summed E-state index contributed by atoms with van der Waals surface area (Å²) in [6.07, 6.45) is -7.20. The highest BCUT2D eigenvalue weighted by atomic mass is 32.2. The lowest BCUT2D eigenvalue weighted by atomic mass is 9.97. The summed E-state index contributed by atoms with van der Waals surface area (Å²) in [4.78, 5) is 305. The van der Waals surface area contributed by atoms with E-state index in [2.05, 4.69) is 92.4 Å². The first kappa shape index (κ1) is 117. The molecule has 0 saturated heterocycles. The Morgan fingerprint density at radius 3 is 1.08 bits per heavy atom. The summed E-state index contributed by atoms with van der Waals surface area (Å²) >= 11 is 5.25. The molecule has 0 unspecified atom stereocenters. The van der Waals surface area contributed by atoms with E-state index in [1.165, 1.54) is 27.7 Å². The summed E-state index contributed by atoms with van der Waals surface area (Å²) in [6.45, 7) is 7.97. The summed E-state index contributed by atoms with van der Waals surface area (Å²) in [6, 6.07) is -30.5. The van der Waals surface area contributed by atoms with Crippen LogP contribution in [-0.4, -0.2) is 330 Å². The molecule has 0 fully saturated rings. The van der Waals surface area contributed by atoms with Crippen molar-refractivity contribution in [1.82, 2.24) is 85.1 Å². The summed E-state index contributed by atoms with van der Waals surface area (Å²) in [5.41, 5.74) is 27.5. The van der Waals surface area contributed by atoms with E-state index in [1.54, 1.807) is 27.0 Å². The molecule has 19 amide bonds. The molecule has 0 spiro atoms. The number of carbonyl (C=O) groups excluding carboxylic acids is 19. The minimum absolute atomic E-state index is 0.0299. The van der Waals surface area contributed by atoms with Crippen molar-refractivity contribution in [1.29, 1.82) is 0 Å². The summed E-state index contributed by atoms with van der Waals surface area (Å²) in [5, 5.41) is 115. The number of aliphatic carboxylic acids is 4. The fraction of sp³-hybridized carbons (Fsp3) is 0.693. The van der Waals surface area contributed by atoms with E-state index >= 15 is 0 Å². The first-order chi connectivity index (χ1) is 60.3. The first-order valence-corrected chi connectivity index (χ1v) is 43.0. The Morgan fingerprint density at radius 1 is 0.349 bits per heavy atom. The number of carbonyl (C=O) groups is 23. The predicted octanol–water partition coefficient (Wildman–Crippen LogP) is -12.3. The molecule has 129 heavy (non-hydrogen) atoms. The maximum Gasteiger partial charge on any atom is 0.328 e. The lowest BCUT2D eigenvalue weighted by Gasteiger charge is -2.29. The van der Waals surface area contributed by atoms with Gasteiger partial charge in [0.25, 0.3) is 0 Å². The van der Waals surface area contributed by atoms with Gasteiger partial charge >= 0.3 is 23.9 Å². The van der Waals surface area contributed by atoms with Crippen molar-refractivity contribution in [2.75, 3.05) is 44.1 Å². The van der Waals surface area contributed by atoms with Gasteiger partial charge in [0, 0.05) is 31.4 Å². The molecule has 730 valence electrons. The Bertz CT molecular complexity index is 3890. The third kappa shape index (κ3) is 45.2. The fourth-order valence-corrected chi connectivity index (χ4v) is 12.4. The van der Waals surface area contributed by atoms with Gasteiger partial charge < -0.3 is 155 Å². The predicted molar refractivity (Wildman–Crippen MR) is 455 cm³/mol. The van der Waals surface area contributed by atoms with Crippen molar-refractivity contribution in [2.45, 2.75) is 267 Å². The molecule has 0 aromatic carbocycles. The monoisotopic (exact) mass is 1880 g/mol. The molecule has 0 heterocycles. The van der Waals surface area contributed by atoms with E-state index in [4.69, 9.17) is 28.7 Å². The van der Waals surface area contributed by atoms with Gasteiger partial charge in [-0.1, -0.05) is 54.4 Å². The molecule has 0 aliphatic carbocycles. The van der Waals surface area contributed by atoms with Crippen molar-refractivity contribution in [3.63, 3.8) is 0 Å². The molecule has 0 radical (unpaired) electrons. The van der Waals surface area contributed by atoms with Crippen molar-refractivity contribution in [3.05, 3.63) is 0 Å². The molecule has 19 atom stereocenters. The van der Waals surface area contributed by atoms with Gasteiger partial charge in [0.1, 0.15) is 96.7 Å². The number of unbranched alkanes of at least 4 members (excludes halogenated alkanes) is 1. The molecule has 0 aliphatic rings. The maximum atomic E-state index is 14.3. The molecular formula is C75H127N21O31S2. The van der Waals surface area contributed by atoms with Crippen LogP contribution in [0.1, 0.15) is 158 Å². The van der Waals surface area contributed by atoms with E-state index in [-0.39, 0.29) is 31.4 Å². The zero-order valence-corrected chi connectivity index (χ0v) is 74.6. The number of aliphatic hydroxyl groups excluding tert-OH is 4. The number of nitrogens with one attached hydrogen (secondary N) is 16. The Balaban J connectivity index is 6.94. The number of thiol groups is 1. The second-order valence-corrected chi connectivity index (χ2v) is 32.2. The van der Waals surface area contributed by atoms with Crippen LogP contribution < -0.4 is 114 Å². The van der Waals surface area contributed by atoms with Gasteiger partial charge in [-0.2, -0.15) is 24.4 Å². The van der Waals surface area contributed by atoms with Gasteiger partial charge in [0.2, 0.25) is 112 Å². The molecule has 0 aliphatic heterocycles. The topological polar surface area (TPSA) is 877 Å². The zero-order valence-electron chi connectivity index (χ0n) is 72.9. The van der Waals surface area contributed by atoms with Gasteiger partial charge in [-0.3, -0.25) is 105 Å². The molecular weight excluding hydrogens is 1760 g/mol. The SMILES string of the molecule is CC[C@H](C)[C@H](NC(=O)[C@H](CCC(N)=O)NC(=O)[C@H](CO)NC(=O)[C@@H](NC(=O)[C@H](CC(N)=O)NC(=O)[C@@H](NC(=O)[C@H](CC(C)C)NC(=O)[C@H](CS)NC(=O)[C@H](CC(=O)O)NC(=O)[C@H](CO)NC(=O)[C@H](CCSC)NC(=O)[C@H](CCC(=O)O)NC(=O)[C@H](CCC(=O)O)NC(=O)[C@H](CCC(N)=O)NC(=O)[C@H](C)NC(=O)[C@@H](N)CCCCN)C(C)C)[C@@H](C)O)C(=O)N[C@@H](CO)C(=O)O. The average Bonchev–Trinajstić information content (AvgIpc) is 0.849. The number of aliphatic hydroxyl groups is 4. The molecule has 0 bridgehead atoms. The van der Waals surface area contributed by atoms with Crippen LogP contribution in [0.15, 0.2) is 0 Å². The largest absolute Gasteiger partial charge is 0.481 e. The fourth-order valence-electron chi connectivity index (χ4n) is 11.6. The van der Waals surface area contributed by atoms with Crippen molar-refractivity contribution < 1.29 is 151 Å². The Labute approximate surface area is 751 Å². The van der Waals surface area contributed by atoms with E-state index < -0.39 is 352 Å². The number of primary amides is 3. The highest BCUT2D eigenvalue weighted by molar-refractivity contribution is 7.98. The lowest BCUT2D eigenvalue weighted by molar-refractivity contribution is -0.144. The van der Waals surface area contributed by atoms with Crippen LogP contribution in [0.3, 0.4) is 0 Å². The Morgan fingerprint density at radius 2 is 0.682 bits per heavy atom. The highest BCUT2D eigenvalue weighted by Crippen LogP contribution is 2.16. The third-order valence-electron chi connectivity index (χ3n) is 19.2. The Kier molecular flexibility index (Phi) is 55.4. The summed E-state index contributed by atoms with van der Waals surface area (Å²) < 4.78 is 0. The van der Waals surface area contributed by atoms with E-state index in [0.717, 1.165) is 18.7 Å². The van der Waals surface area contributed by atoms with Crippen molar-refractivity contribution in [3.8, 4) is 0 Å². The summed E-state index contributed by atoms with van der Waals surface area (Å²) in [7, 11) is 0. The van der Waals surface area contributed by atoms with Gasteiger partial charge in [-0.15, -0.1) is 0 Å². The number of amides is 19. The second kappa shape index (κ2) is 60.9. The van der Waals surface area contributed by atoms with Crippen molar-refractivity contribution in [2.24, 2.45) is 46.4 Å². The average molecular weight is 1880 g/mol. The number of thioether (sulfide) groups is 1. The van der Waals surface area contributed by atoms with Crippen LogP contribution >= 0.6 is 24.4 Å². The smallest absolute Gasteiger partial charge is 0.328 e. The highest BCUT2D eigenvalue weighted by Gasteiger charge is 2.41. The van der Waals surface area contributed by atoms with Gasteiger partial charge in [-0.05, 0) is 102 Å². The van der Waals surface area contributed by atoms with Gasteiger partial charge in [-0.25, -0.2) is 4.79 Å². The van der Waals surface area contributed by atoms with E-state index in [9.17, 15) is 151 Å². The van der Waals surface area contributed by atoms with Crippen LogP contribution in [0.2, 0.25) is 0 Å². The Hall–Kier alpha value is -11.7. The molecule has 52 nitrogen and oxygen atoms in total. The van der Waals surface area contributed by atoms with E-state index in [1.807, 2.05) is 5.32 Å². The van der Waals surface area contributed by atoms with Crippen LogP contribution in [0.4, 0.5) is 0 Å². The third-order valence-corrected chi connectivity index (χ3v) is 20.2. The van der Waals surface area contributed by atoms with Gasteiger partial charge in [0.05, 0.1) is 44.8 Å². The quantitative estimate of drug-likeness (QED) is 0.0199. The molecule has 0 rings (SSSR count). The number of nitrogens with two attached hydrogens (primary N) is 5. The normalized spacial score (nSPS) is 15.6. The molecule has 54 heteroatoms. The molecule has 34 N–H and O–H groups in total. The lowest BCUT2D eigenvalue weighted by Crippen LogP contribution is -2.63. The number of carboxylic acid groups (broad SMARTS) is 4.